The molecular weight excluding hydrogens is 334 g/mol. The molecule has 0 fully saturated rings. The van der Waals surface area contributed by atoms with E-state index in [1.165, 1.54) is 22.3 Å². The Morgan fingerprint density at radius 3 is 2.25 bits per heavy atom. The Morgan fingerprint density at radius 2 is 1.70 bits per heavy atom. The van der Waals surface area contributed by atoms with Crippen LogP contribution in [0.15, 0.2) is 34.8 Å². The monoisotopic (exact) mass is 351 g/mol. The molecule has 0 radical (unpaired) electrons. The van der Waals surface area contributed by atoms with Gasteiger partial charge in [-0.1, -0.05) is 51.3 Å². The van der Waals surface area contributed by atoms with Crippen molar-refractivity contribution in [1.29, 1.82) is 0 Å². The maximum atomic E-state index is 6.38. The minimum Gasteiger partial charge on any atom is -0.324 e. The van der Waals surface area contributed by atoms with Crippen LogP contribution in [0.25, 0.3) is 0 Å². The van der Waals surface area contributed by atoms with E-state index in [4.69, 9.17) is 17.3 Å². The van der Waals surface area contributed by atoms with Gasteiger partial charge in [-0.05, 0) is 61.6 Å². The molecule has 0 saturated carbocycles. The number of aryl methyl sites for hydroxylation is 3. The SMILES string of the molecule is Cc1cc(C)c(CC(N)c2ccc(Cl)cc2Br)c(C)c1. The molecule has 2 aromatic rings. The zero-order valence-electron chi connectivity index (χ0n) is 12.0. The van der Waals surface area contributed by atoms with Gasteiger partial charge in [0.25, 0.3) is 0 Å². The average Bonchev–Trinajstić information content (AvgIpc) is 2.33. The molecule has 0 heterocycles. The molecule has 106 valence electrons. The van der Waals surface area contributed by atoms with E-state index in [9.17, 15) is 0 Å². The summed E-state index contributed by atoms with van der Waals surface area (Å²) in [4.78, 5) is 0. The van der Waals surface area contributed by atoms with Gasteiger partial charge in [0.15, 0.2) is 0 Å². The quantitative estimate of drug-likeness (QED) is 0.800. The molecule has 0 spiro atoms. The number of hydrogen-bond donors (Lipinski definition) is 1. The topological polar surface area (TPSA) is 26.0 Å². The van der Waals surface area contributed by atoms with Gasteiger partial charge in [0, 0.05) is 15.5 Å². The molecule has 0 bridgehead atoms. The average molecular weight is 353 g/mol. The molecule has 0 aromatic heterocycles. The first-order valence-corrected chi connectivity index (χ1v) is 7.83. The number of rotatable bonds is 3. The molecule has 0 saturated heterocycles. The van der Waals surface area contributed by atoms with E-state index in [0.717, 1.165) is 21.5 Å². The van der Waals surface area contributed by atoms with Crippen LogP contribution in [0.4, 0.5) is 0 Å². The number of halogens is 2. The standard InChI is InChI=1S/C17H19BrClN/c1-10-6-11(2)15(12(3)7-10)9-17(20)14-5-4-13(19)8-16(14)18/h4-8,17H,9,20H2,1-3H3. The highest BCUT2D eigenvalue weighted by Gasteiger charge is 2.14. The van der Waals surface area contributed by atoms with E-state index in [2.05, 4.69) is 48.8 Å². The molecule has 2 aromatic carbocycles. The lowest BCUT2D eigenvalue weighted by atomic mass is 9.92. The van der Waals surface area contributed by atoms with Gasteiger partial charge in [-0.3, -0.25) is 0 Å². The van der Waals surface area contributed by atoms with Crippen LogP contribution in [0, 0.1) is 20.8 Å². The molecule has 20 heavy (non-hydrogen) atoms. The Kier molecular flexibility index (Phi) is 4.90. The van der Waals surface area contributed by atoms with Crippen molar-refractivity contribution in [2.45, 2.75) is 33.2 Å². The first-order valence-electron chi connectivity index (χ1n) is 6.65. The lowest BCUT2D eigenvalue weighted by molar-refractivity contribution is 0.712. The fraction of sp³-hybridized carbons (Fsp3) is 0.294. The predicted octanol–water partition coefficient (Wildman–Crippen LogP) is 5.27. The van der Waals surface area contributed by atoms with Gasteiger partial charge in [0.2, 0.25) is 0 Å². The summed E-state index contributed by atoms with van der Waals surface area (Å²) in [7, 11) is 0. The number of hydrogen-bond acceptors (Lipinski definition) is 1. The third-order valence-corrected chi connectivity index (χ3v) is 4.55. The zero-order chi connectivity index (χ0) is 14.9. The van der Waals surface area contributed by atoms with Gasteiger partial charge in [-0.2, -0.15) is 0 Å². The maximum Gasteiger partial charge on any atom is 0.0417 e. The van der Waals surface area contributed by atoms with E-state index in [0.29, 0.717) is 0 Å². The third-order valence-electron chi connectivity index (χ3n) is 3.63. The maximum absolute atomic E-state index is 6.38. The molecule has 0 aliphatic rings. The van der Waals surface area contributed by atoms with Gasteiger partial charge in [-0.15, -0.1) is 0 Å². The Labute approximate surface area is 134 Å². The van der Waals surface area contributed by atoms with Crippen molar-refractivity contribution < 1.29 is 0 Å². The molecule has 1 atom stereocenters. The van der Waals surface area contributed by atoms with Gasteiger partial charge in [-0.25, -0.2) is 0 Å². The smallest absolute Gasteiger partial charge is 0.0417 e. The molecule has 1 unspecified atom stereocenters. The van der Waals surface area contributed by atoms with Crippen LogP contribution < -0.4 is 5.73 Å². The van der Waals surface area contributed by atoms with E-state index in [-0.39, 0.29) is 6.04 Å². The lowest BCUT2D eigenvalue weighted by Gasteiger charge is -2.18. The summed E-state index contributed by atoms with van der Waals surface area (Å²) in [5, 5.41) is 0.718. The number of benzene rings is 2. The molecule has 0 aliphatic carbocycles. The summed E-state index contributed by atoms with van der Waals surface area (Å²) < 4.78 is 0.972. The van der Waals surface area contributed by atoms with Crippen molar-refractivity contribution in [2.75, 3.05) is 0 Å². The van der Waals surface area contributed by atoms with E-state index in [1.54, 1.807) is 0 Å². The highest BCUT2D eigenvalue weighted by Crippen LogP contribution is 2.29. The van der Waals surface area contributed by atoms with Crippen LogP contribution >= 0.6 is 27.5 Å². The second kappa shape index (κ2) is 6.30. The Balaban J connectivity index is 2.30. The molecule has 2 rings (SSSR count). The van der Waals surface area contributed by atoms with Crippen molar-refractivity contribution >= 4 is 27.5 Å². The Bertz CT molecular complexity index is 614. The molecule has 1 nitrogen and oxygen atoms in total. The lowest BCUT2D eigenvalue weighted by Crippen LogP contribution is -2.15. The van der Waals surface area contributed by atoms with Crippen LogP contribution in [0.3, 0.4) is 0 Å². The largest absolute Gasteiger partial charge is 0.324 e. The van der Waals surface area contributed by atoms with Crippen LogP contribution in [-0.2, 0) is 6.42 Å². The highest BCUT2D eigenvalue weighted by molar-refractivity contribution is 9.10. The second-order valence-corrected chi connectivity index (χ2v) is 6.64. The summed E-state index contributed by atoms with van der Waals surface area (Å²) >= 11 is 9.52. The highest BCUT2D eigenvalue weighted by atomic mass is 79.9. The summed E-state index contributed by atoms with van der Waals surface area (Å²) in [6, 6.07) is 10.2. The molecule has 3 heteroatoms. The first-order chi connectivity index (χ1) is 9.38. The molecule has 2 N–H and O–H groups in total. The first kappa shape index (κ1) is 15.6. The molecule has 0 aliphatic heterocycles. The van der Waals surface area contributed by atoms with Crippen LogP contribution in [0.5, 0.6) is 0 Å². The van der Waals surface area contributed by atoms with Gasteiger partial charge < -0.3 is 5.73 Å². The van der Waals surface area contributed by atoms with Crippen molar-refractivity contribution in [3.63, 3.8) is 0 Å². The van der Waals surface area contributed by atoms with Crippen molar-refractivity contribution in [2.24, 2.45) is 5.73 Å². The van der Waals surface area contributed by atoms with Crippen LogP contribution in [-0.4, -0.2) is 0 Å². The van der Waals surface area contributed by atoms with Crippen molar-refractivity contribution in [3.8, 4) is 0 Å². The van der Waals surface area contributed by atoms with E-state index >= 15 is 0 Å². The second-order valence-electron chi connectivity index (χ2n) is 5.35. The predicted molar refractivity (Wildman–Crippen MR) is 90.4 cm³/mol. The Morgan fingerprint density at radius 1 is 1.10 bits per heavy atom. The fourth-order valence-corrected chi connectivity index (χ4v) is 3.64. The van der Waals surface area contributed by atoms with Crippen LogP contribution in [0.1, 0.15) is 33.9 Å². The van der Waals surface area contributed by atoms with Crippen molar-refractivity contribution in [3.05, 3.63) is 67.6 Å². The fourth-order valence-electron chi connectivity index (χ4n) is 2.66. The van der Waals surface area contributed by atoms with E-state index < -0.39 is 0 Å². The summed E-state index contributed by atoms with van der Waals surface area (Å²) in [5.41, 5.74) is 12.7. The van der Waals surface area contributed by atoms with Gasteiger partial charge in [0.1, 0.15) is 0 Å². The van der Waals surface area contributed by atoms with Gasteiger partial charge in [0.05, 0.1) is 0 Å². The Hall–Kier alpha value is -0.830. The van der Waals surface area contributed by atoms with E-state index in [1.807, 2.05) is 18.2 Å². The summed E-state index contributed by atoms with van der Waals surface area (Å²) in [6.07, 6.45) is 0.832. The van der Waals surface area contributed by atoms with Crippen molar-refractivity contribution in [1.82, 2.24) is 0 Å². The minimum atomic E-state index is -0.0400. The third kappa shape index (κ3) is 3.43. The molecular formula is C17H19BrClN. The summed E-state index contributed by atoms with van der Waals surface area (Å²) in [5.74, 6) is 0. The normalized spacial score (nSPS) is 12.5. The minimum absolute atomic E-state index is 0.0400. The van der Waals surface area contributed by atoms with Gasteiger partial charge >= 0.3 is 0 Å². The van der Waals surface area contributed by atoms with Crippen LogP contribution in [0.2, 0.25) is 5.02 Å². The summed E-state index contributed by atoms with van der Waals surface area (Å²) in [6.45, 7) is 6.43. The number of nitrogens with two attached hydrogens (primary N) is 1. The molecule has 0 amide bonds. The zero-order valence-corrected chi connectivity index (χ0v) is 14.3.